The van der Waals surface area contributed by atoms with Gasteiger partial charge in [-0.25, -0.2) is 4.79 Å². The van der Waals surface area contributed by atoms with Gasteiger partial charge in [-0.3, -0.25) is 9.59 Å². The van der Waals surface area contributed by atoms with E-state index in [-0.39, 0.29) is 11.3 Å². The third-order valence-corrected chi connectivity index (χ3v) is 7.51. The van der Waals surface area contributed by atoms with Crippen molar-refractivity contribution in [3.05, 3.63) is 29.8 Å². The van der Waals surface area contributed by atoms with Gasteiger partial charge in [-0.05, 0) is 94.2 Å². The summed E-state index contributed by atoms with van der Waals surface area (Å²) in [6.07, 6.45) is 6.60. The van der Waals surface area contributed by atoms with Gasteiger partial charge in [-0.2, -0.15) is 0 Å². The lowest BCUT2D eigenvalue weighted by atomic mass is 9.49. The van der Waals surface area contributed by atoms with E-state index in [1.54, 1.807) is 13.8 Å². The zero-order chi connectivity index (χ0) is 22.2. The van der Waals surface area contributed by atoms with Crippen molar-refractivity contribution in [3.8, 4) is 0 Å². The summed E-state index contributed by atoms with van der Waals surface area (Å²) in [5.41, 5.74) is 1.53. The molecule has 4 aliphatic rings. The summed E-state index contributed by atoms with van der Waals surface area (Å²) < 4.78 is 5.35. The fourth-order valence-electron chi connectivity index (χ4n) is 6.19. The van der Waals surface area contributed by atoms with Crippen LogP contribution in [0.4, 0.5) is 5.69 Å². The SMILES string of the molecule is CCc1ccc(NC(=O)[C@@H](C)OC(=O)[C@H](C)NC(=O)C23CC4CC(CC(C4)C2)C3)cc1. The molecule has 4 fully saturated rings. The lowest BCUT2D eigenvalue weighted by Crippen LogP contribution is -2.56. The van der Waals surface area contributed by atoms with Gasteiger partial charge < -0.3 is 15.4 Å². The smallest absolute Gasteiger partial charge is 0.329 e. The summed E-state index contributed by atoms with van der Waals surface area (Å²) in [4.78, 5) is 38.1. The number of nitrogens with one attached hydrogen (secondary N) is 2. The van der Waals surface area contributed by atoms with Crippen molar-refractivity contribution in [3.63, 3.8) is 0 Å². The molecule has 31 heavy (non-hydrogen) atoms. The van der Waals surface area contributed by atoms with Crippen molar-refractivity contribution >= 4 is 23.5 Å². The van der Waals surface area contributed by atoms with Crippen LogP contribution in [0.1, 0.15) is 64.9 Å². The molecule has 1 aromatic carbocycles. The summed E-state index contributed by atoms with van der Waals surface area (Å²) in [7, 11) is 0. The molecule has 0 radical (unpaired) electrons. The van der Waals surface area contributed by atoms with E-state index in [0.717, 1.165) is 25.7 Å². The minimum atomic E-state index is -0.947. The maximum Gasteiger partial charge on any atom is 0.329 e. The Morgan fingerprint density at radius 3 is 2.06 bits per heavy atom. The highest BCUT2D eigenvalue weighted by Gasteiger charge is 2.54. The predicted octanol–water partition coefficient (Wildman–Crippen LogP) is 3.84. The first kappa shape index (κ1) is 21.8. The number of carbonyl (C=O) groups excluding carboxylic acids is 3. The molecule has 0 unspecified atom stereocenters. The number of esters is 1. The van der Waals surface area contributed by atoms with Crippen LogP contribution in [0.25, 0.3) is 0 Å². The number of ether oxygens (including phenoxy) is 1. The van der Waals surface area contributed by atoms with E-state index >= 15 is 0 Å². The lowest BCUT2D eigenvalue weighted by molar-refractivity contribution is -0.158. The molecule has 2 N–H and O–H groups in total. The standard InChI is InChI=1S/C25H34N2O4/c1-4-17-5-7-21(8-6-17)27-22(28)16(3)31-23(29)15(2)26-24(30)25-12-18-9-19(13-25)11-20(10-18)14-25/h5-8,15-16,18-20H,4,9-14H2,1-3H3,(H,26,30)(H,27,28)/t15-,16+,18?,19?,20?,25?/m0/s1. The number of hydrogen-bond acceptors (Lipinski definition) is 4. The van der Waals surface area contributed by atoms with Gasteiger partial charge >= 0.3 is 5.97 Å². The zero-order valence-electron chi connectivity index (χ0n) is 18.8. The van der Waals surface area contributed by atoms with Gasteiger partial charge in [-0.1, -0.05) is 19.1 Å². The minimum Gasteiger partial charge on any atom is -0.451 e. The highest BCUT2D eigenvalue weighted by atomic mass is 16.5. The molecule has 2 amide bonds. The Kier molecular flexibility index (Phi) is 6.09. The number of aryl methyl sites for hydroxylation is 1. The van der Waals surface area contributed by atoms with E-state index in [9.17, 15) is 14.4 Å². The van der Waals surface area contributed by atoms with Crippen LogP contribution in [-0.2, 0) is 25.5 Å². The number of hydrogen-bond donors (Lipinski definition) is 2. The summed E-state index contributed by atoms with van der Waals surface area (Å²) in [6, 6.07) is 6.79. The highest BCUT2D eigenvalue weighted by Crippen LogP contribution is 2.60. The normalized spacial score (nSPS) is 30.4. The van der Waals surface area contributed by atoms with Crippen LogP contribution in [0.3, 0.4) is 0 Å². The second-order valence-electron chi connectivity index (χ2n) is 10.0. The molecule has 4 saturated carbocycles. The Morgan fingerprint density at radius 1 is 1.00 bits per heavy atom. The van der Waals surface area contributed by atoms with Crippen molar-refractivity contribution < 1.29 is 19.1 Å². The van der Waals surface area contributed by atoms with Crippen LogP contribution < -0.4 is 10.6 Å². The molecule has 2 atom stereocenters. The second-order valence-corrected chi connectivity index (χ2v) is 10.0. The molecule has 6 heteroatoms. The zero-order valence-corrected chi connectivity index (χ0v) is 18.8. The van der Waals surface area contributed by atoms with Crippen LogP contribution in [0.2, 0.25) is 0 Å². The quantitative estimate of drug-likeness (QED) is 0.649. The lowest BCUT2D eigenvalue weighted by Gasteiger charge is -2.55. The molecule has 168 valence electrons. The molecular weight excluding hydrogens is 392 g/mol. The molecule has 4 aliphatic carbocycles. The van der Waals surface area contributed by atoms with Crippen LogP contribution in [0.15, 0.2) is 24.3 Å². The third kappa shape index (κ3) is 4.63. The number of amides is 2. The number of benzene rings is 1. The average Bonchev–Trinajstić information content (AvgIpc) is 2.73. The van der Waals surface area contributed by atoms with E-state index in [2.05, 4.69) is 17.6 Å². The Morgan fingerprint density at radius 2 is 1.55 bits per heavy atom. The summed E-state index contributed by atoms with van der Waals surface area (Å²) >= 11 is 0. The van der Waals surface area contributed by atoms with Gasteiger partial charge in [0, 0.05) is 11.1 Å². The fourth-order valence-corrected chi connectivity index (χ4v) is 6.19. The molecule has 0 spiro atoms. The third-order valence-electron chi connectivity index (χ3n) is 7.51. The van der Waals surface area contributed by atoms with Gasteiger partial charge in [0.1, 0.15) is 6.04 Å². The molecule has 4 bridgehead atoms. The van der Waals surface area contributed by atoms with Crippen molar-refractivity contribution in [2.45, 2.75) is 77.9 Å². The number of rotatable bonds is 7. The molecule has 1 aromatic rings. The van der Waals surface area contributed by atoms with E-state index in [4.69, 9.17) is 4.74 Å². The Bertz CT molecular complexity index is 812. The molecule has 0 heterocycles. The monoisotopic (exact) mass is 426 g/mol. The molecule has 5 rings (SSSR count). The molecule has 0 saturated heterocycles. The van der Waals surface area contributed by atoms with Crippen molar-refractivity contribution in [1.82, 2.24) is 5.32 Å². The first-order chi connectivity index (χ1) is 14.8. The van der Waals surface area contributed by atoms with E-state index in [1.165, 1.54) is 24.8 Å². The average molecular weight is 427 g/mol. The van der Waals surface area contributed by atoms with Crippen LogP contribution >= 0.6 is 0 Å². The minimum absolute atomic E-state index is 0.0100. The summed E-state index contributed by atoms with van der Waals surface area (Å²) in [5, 5.41) is 5.66. The first-order valence-corrected chi connectivity index (χ1v) is 11.7. The van der Waals surface area contributed by atoms with Gasteiger partial charge in [-0.15, -0.1) is 0 Å². The number of carbonyl (C=O) groups is 3. The Labute approximate surface area is 184 Å². The van der Waals surface area contributed by atoms with Gasteiger partial charge in [0.2, 0.25) is 5.91 Å². The van der Waals surface area contributed by atoms with Crippen LogP contribution in [0, 0.1) is 23.2 Å². The van der Waals surface area contributed by atoms with Gasteiger partial charge in [0.25, 0.3) is 5.91 Å². The van der Waals surface area contributed by atoms with Crippen LogP contribution in [0.5, 0.6) is 0 Å². The first-order valence-electron chi connectivity index (χ1n) is 11.7. The molecule has 0 aliphatic heterocycles. The largest absolute Gasteiger partial charge is 0.451 e. The van der Waals surface area contributed by atoms with Crippen molar-refractivity contribution in [1.29, 1.82) is 0 Å². The fraction of sp³-hybridized carbons (Fsp3) is 0.640. The van der Waals surface area contributed by atoms with Crippen LogP contribution in [-0.4, -0.2) is 29.9 Å². The van der Waals surface area contributed by atoms with E-state index in [1.807, 2.05) is 24.3 Å². The van der Waals surface area contributed by atoms with E-state index in [0.29, 0.717) is 23.4 Å². The van der Waals surface area contributed by atoms with Crippen molar-refractivity contribution in [2.24, 2.45) is 23.2 Å². The Balaban J connectivity index is 1.28. The van der Waals surface area contributed by atoms with Crippen molar-refractivity contribution in [2.75, 3.05) is 5.32 Å². The maximum absolute atomic E-state index is 13.1. The Hall–Kier alpha value is -2.37. The molecule has 0 aromatic heterocycles. The highest BCUT2D eigenvalue weighted by molar-refractivity contribution is 5.96. The maximum atomic E-state index is 13.1. The molecular formula is C25H34N2O4. The second kappa shape index (κ2) is 8.64. The molecule has 6 nitrogen and oxygen atoms in total. The predicted molar refractivity (Wildman–Crippen MR) is 118 cm³/mol. The van der Waals surface area contributed by atoms with Gasteiger partial charge in [0.15, 0.2) is 6.10 Å². The van der Waals surface area contributed by atoms with Gasteiger partial charge in [0.05, 0.1) is 0 Å². The topological polar surface area (TPSA) is 84.5 Å². The summed E-state index contributed by atoms with van der Waals surface area (Å²) in [6.45, 7) is 5.24. The number of anilines is 1. The summed E-state index contributed by atoms with van der Waals surface area (Å²) in [5.74, 6) is 1.00. The van der Waals surface area contributed by atoms with E-state index < -0.39 is 24.0 Å².